The molecule has 0 radical (unpaired) electrons. The molecule has 0 saturated carbocycles. The molecule has 2 aliphatic rings. The van der Waals surface area contributed by atoms with E-state index in [-0.39, 0.29) is 0 Å². The summed E-state index contributed by atoms with van der Waals surface area (Å²) in [6.45, 7) is 9.24. The normalized spacial score (nSPS) is 26.4. The Kier molecular flexibility index (Phi) is 3.37. The fourth-order valence-corrected chi connectivity index (χ4v) is 3.22. The number of benzene rings is 1. The fraction of sp³-hybridized carbons (Fsp3) is 0.600. The third-order valence-corrected chi connectivity index (χ3v) is 4.36. The molecule has 2 aliphatic heterocycles. The van der Waals surface area contributed by atoms with Crippen LogP contribution in [0.25, 0.3) is 0 Å². The second-order valence-electron chi connectivity index (χ2n) is 5.55. The zero-order chi connectivity index (χ0) is 12.5. The Balaban J connectivity index is 1.75. The number of likely N-dealkylation sites (N-methyl/N-ethyl adjacent to an activating group) is 2. The van der Waals surface area contributed by atoms with Crippen LogP contribution in [0.1, 0.15) is 18.1 Å². The van der Waals surface area contributed by atoms with Crippen LogP contribution in [0, 0.1) is 0 Å². The molecule has 1 unspecified atom stereocenters. The average Bonchev–Trinajstić information content (AvgIpc) is 2.82. The number of rotatable bonds is 2. The number of hydrogen-bond donors (Lipinski definition) is 0. The maximum absolute atomic E-state index is 2.63. The van der Waals surface area contributed by atoms with E-state index in [1.165, 1.54) is 30.8 Å². The first-order chi connectivity index (χ1) is 8.78. The Morgan fingerprint density at radius 1 is 1.11 bits per heavy atom. The van der Waals surface area contributed by atoms with Crippen LogP contribution in [0.4, 0.5) is 0 Å². The van der Waals surface area contributed by atoms with Crippen molar-refractivity contribution in [2.45, 2.75) is 26.2 Å². The minimum absolute atomic E-state index is 0.584. The van der Waals surface area contributed by atoms with Crippen LogP contribution in [-0.4, -0.2) is 54.1 Å². The molecule has 0 aliphatic carbocycles. The zero-order valence-electron chi connectivity index (χ0n) is 11.5. The standard InChI is InChI=1S/C15H23N3/c1-3-17-9-8-16(2)12-15(17)18-10-13-6-4-5-7-14(13)11-18/h4-7,15H,3,8-12H2,1-2H3. The molecule has 1 atom stereocenters. The second kappa shape index (κ2) is 5.00. The SMILES string of the molecule is CCN1CCN(C)CC1N1Cc2ccccc2C1. The molecule has 3 heteroatoms. The van der Waals surface area contributed by atoms with Crippen molar-refractivity contribution in [3.63, 3.8) is 0 Å². The van der Waals surface area contributed by atoms with Gasteiger partial charge in [0.25, 0.3) is 0 Å². The van der Waals surface area contributed by atoms with Crippen LogP contribution in [0.2, 0.25) is 0 Å². The molecule has 0 bridgehead atoms. The summed E-state index contributed by atoms with van der Waals surface area (Å²) in [4.78, 5) is 7.70. The number of piperazine rings is 1. The van der Waals surface area contributed by atoms with Crippen molar-refractivity contribution < 1.29 is 0 Å². The predicted molar refractivity (Wildman–Crippen MR) is 74.2 cm³/mol. The molecular formula is C15H23N3. The van der Waals surface area contributed by atoms with E-state index in [0.29, 0.717) is 6.17 Å². The van der Waals surface area contributed by atoms with Gasteiger partial charge in [-0.3, -0.25) is 9.80 Å². The summed E-state index contributed by atoms with van der Waals surface area (Å²) in [6, 6.07) is 8.87. The molecule has 3 rings (SSSR count). The van der Waals surface area contributed by atoms with Gasteiger partial charge in [0.05, 0.1) is 6.17 Å². The summed E-state index contributed by atoms with van der Waals surface area (Å²) in [5, 5.41) is 0. The molecule has 2 heterocycles. The Bertz CT molecular complexity index is 393. The molecular weight excluding hydrogens is 222 g/mol. The van der Waals surface area contributed by atoms with Crippen molar-refractivity contribution in [3.8, 4) is 0 Å². The number of nitrogens with zero attached hydrogens (tertiary/aromatic N) is 3. The molecule has 0 N–H and O–H groups in total. The largest absolute Gasteiger partial charge is 0.302 e. The summed E-state index contributed by atoms with van der Waals surface area (Å²) in [7, 11) is 2.24. The molecule has 1 fully saturated rings. The van der Waals surface area contributed by atoms with E-state index in [9.17, 15) is 0 Å². The lowest BCUT2D eigenvalue weighted by Gasteiger charge is -2.43. The predicted octanol–water partition coefficient (Wildman–Crippen LogP) is 1.60. The molecule has 18 heavy (non-hydrogen) atoms. The van der Waals surface area contributed by atoms with Gasteiger partial charge in [0.1, 0.15) is 0 Å². The Morgan fingerprint density at radius 2 is 1.78 bits per heavy atom. The van der Waals surface area contributed by atoms with Gasteiger partial charge in [-0.15, -0.1) is 0 Å². The first-order valence-corrected chi connectivity index (χ1v) is 7.01. The van der Waals surface area contributed by atoms with Gasteiger partial charge < -0.3 is 4.90 Å². The minimum atomic E-state index is 0.584. The van der Waals surface area contributed by atoms with E-state index < -0.39 is 0 Å². The monoisotopic (exact) mass is 245 g/mol. The maximum atomic E-state index is 2.63. The third kappa shape index (κ3) is 2.18. The second-order valence-corrected chi connectivity index (χ2v) is 5.55. The lowest BCUT2D eigenvalue weighted by atomic mass is 10.1. The van der Waals surface area contributed by atoms with E-state index in [4.69, 9.17) is 0 Å². The molecule has 1 saturated heterocycles. The van der Waals surface area contributed by atoms with Crippen LogP contribution in [0.3, 0.4) is 0 Å². The smallest absolute Gasteiger partial charge is 0.0759 e. The molecule has 3 nitrogen and oxygen atoms in total. The van der Waals surface area contributed by atoms with Gasteiger partial charge in [-0.05, 0) is 24.7 Å². The topological polar surface area (TPSA) is 9.72 Å². The van der Waals surface area contributed by atoms with Crippen molar-refractivity contribution in [3.05, 3.63) is 35.4 Å². The fourth-order valence-electron chi connectivity index (χ4n) is 3.22. The van der Waals surface area contributed by atoms with Crippen LogP contribution >= 0.6 is 0 Å². The Morgan fingerprint density at radius 3 is 2.39 bits per heavy atom. The Hall–Kier alpha value is -0.900. The quantitative estimate of drug-likeness (QED) is 0.783. The summed E-state index contributed by atoms with van der Waals surface area (Å²) in [5.41, 5.74) is 3.03. The highest BCUT2D eigenvalue weighted by atomic mass is 15.4. The third-order valence-electron chi connectivity index (χ3n) is 4.36. The maximum Gasteiger partial charge on any atom is 0.0759 e. The summed E-state index contributed by atoms with van der Waals surface area (Å²) in [5.74, 6) is 0. The minimum Gasteiger partial charge on any atom is -0.302 e. The first-order valence-electron chi connectivity index (χ1n) is 7.01. The summed E-state index contributed by atoms with van der Waals surface area (Å²) < 4.78 is 0. The summed E-state index contributed by atoms with van der Waals surface area (Å²) >= 11 is 0. The molecule has 1 aromatic rings. The number of hydrogen-bond acceptors (Lipinski definition) is 3. The van der Waals surface area contributed by atoms with E-state index >= 15 is 0 Å². The van der Waals surface area contributed by atoms with Crippen molar-refractivity contribution >= 4 is 0 Å². The van der Waals surface area contributed by atoms with E-state index in [2.05, 4.69) is 52.9 Å². The van der Waals surface area contributed by atoms with Gasteiger partial charge in [-0.2, -0.15) is 0 Å². The highest BCUT2D eigenvalue weighted by molar-refractivity contribution is 5.30. The summed E-state index contributed by atoms with van der Waals surface area (Å²) in [6.07, 6.45) is 0.584. The zero-order valence-corrected chi connectivity index (χ0v) is 11.5. The van der Waals surface area contributed by atoms with Gasteiger partial charge in [-0.25, -0.2) is 0 Å². The van der Waals surface area contributed by atoms with Crippen molar-refractivity contribution in [2.75, 3.05) is 33.2 Å². The Labute approximate surface area is 110 Å². The van der Waals surface area contributed by atoms with Crippen LogP contribution < -0.4 is 0 Å². The van der Waals surface area contributed by atoms with Crippen molar-refractivity contribution in [1.82, 2.24) is 14.7 Å². The van der Waals surface area contributed by atoms with Crippen LogP contribution in [0.5, 0.6) is 0 Å². The average molecular weight is 245 g/mol. The molecule has 0 amide bonds. The number of fused-ring (bicyclic) bond motifs is 1. The van der Waals surface area contributed by atoms with E-state index in [1.54, 1.807) is 0 Å². The lowest BCUT2D eigenvalue weighted by Crippen LogP contribution is -2.57. The van der Waals surface area contributed by atoms with Crippen LogP contribution in [0.15, 0.2) is 24.3 Å². The van der Waals surface area contributed by atoms with E-state index in [1.807, 2.05) is 0 Å². The molecule has 98 valence electrons. The molecule has 0 spiro atoms. The first kappa shape index (κ1) is 12.2. The van der Waals surface area contributed by atoms with Gasteiger partial charge in [-0.1, -0.05) is 31.2 Å². The van der Waals surface area contributed by atoms with Crippen molar-refractivity contribution in [1.29, 1.82) is 0 Å². The van der Waals surface area contributed by atoms with Crippen LogP contribution in [-0.2, 0) is 13.1 Å². The van der Waals surface area contributed by atoms with E-state index in [0.717, 1.165) is 19.6 Å². The van der Waals surface area contributed by atoms with Gasteiger partial charge >= 0.3 is 0 Å². The molecule has 1 aromatic carbocycles. The van der Waals surface area contributed by atoms with Gasteiger partial charge in [0, 0.05) is 32.7 Å². The molecule has 0 aromatic heterocycles. The van der Waals surface area contributed by atoms with Crippen molar-refractivity contribution in [2.24, 2.45) is 0 Å². The highest BCUT2D eigenvalue weighted by Gasteiger charge is 2.32. The van der Waals surface area contributed by atoms with Gasteiger partial charge in [0.2, 0.25) is 0 Å². The highest BCUT2D eigenvalue weighted by Crippen LogP contribution is 2.26. The van der Waals surface area contributed by atoms with Gasteiger partial charge in [0.15, 0.2) is 0 Å². The lowest BCUT2D eigenvalue weighted by molar-refractivity contribution is -0.0144.